The van der Waals surface area contributed by atoms with E-state index < -0.39 is 0 Å². The molecule has 0 atom stereocenters. The fourth-order valence-electron chi connectivity index (χ4n) is 0.538. The third-order valence-corrected chi connectivity index (χ3v) is 0.980. The summed E-state index contributed by atoms with van der Waals surface area (Å²) < 4.78 is 1.69. The van der Waals surface area contributed by atoms with Crippen LogP contribution in [0.1, 0.15) is 26.1 Å². The van der Waals surface area contributed by atoms with Gasteiger partial charge >= 0.3 is 0 Å². The van der Waals surface area contributed by atoms with Crippen LogP contribution in [0.25, 0.3) is 12.3 Å². The molecule has 0 bridgehead atoms. The van der Waals surface area contributed by atoms with Gasteiger partial charge < -0.3 is 0 Å². The summed E-state index contributed by atoms with van der Waals surface area (Å²) in [7, 11) is 0. The summed E-state index contributed by atoms with van der Waals surface area (Å²) in [5, 5.41) is 7.36. The van der Waals surface area contributed by atoms with E-state index in [1.165, 1.54) is 6.42 Å². The fraction of sp³-hybridized carbons (Fsp3) is 0.333. The van der Waals surface area contributed by atoms with Gasteiger partial charge in [-0.2, -0.15) is 0 Å². The van der Waals surface area contributed by atoms with E-state index in [1.54, 1.807) is 23.2 Å². The minimum absolute atomic E-state index is 0.713. The minimum Gasteiger partial charge on any atom is -0.290 e. The smallest absolute Gasteiger partial charge is 0.159 e. The predicted molar refractivity (Wildman–Crippen MR) is 52.5 cm³/mol. The zero-order valence-corrected chi connectivity index (χ0v) is 7.70. The minimum atomic E-state index is 0.713. The van der Waals surface area contributed by atoms with Crippen molar-refractivity contribution < 1.29 is 0 Å². The Hall–Kier alpha value is -1.38. The third kappa shape index (κ3) is 3.14. The highest BCUT2D eigenvalue weighted by Crippen LogP contribution is 1.94. The van der Waals surface area contributed by atoms with Crippen molar-refractivity contribution >= 4 is 12.3 Å². The Labute approximate surface area is 73.4 Å². The molecule has 0 unspecified atom stereocenters. The molecule has 3 nitrogen and oxygen atoms in total. The van der Waals surface area contributed by atoms with Crippen molar-refractivity contribution in [1.82, 2.24) is 14.8 Å². The second kappa shape index (κ2) is 6.34. The molecule has 1 aromatic rings. The first-order valence-corrected chi connectivity index (χ1v) is 3.94. The van der Waals surface area contributed by atoms with E-state index in [0.29, 0.717) is 5.82 Å². The molecule has 1 heterocycles. The lowest BCUT2D eigenvalue weighted by Gasteiger charge is -1.89. The Morgan fingerprint density at radius 2 is 2.08 bits per heavy atom. The average Bonchev–Trinajstić information content (AvgIpc) is 2.52. The number of hydrogen-bond donors (Lipinski definition) is 0. The number of hydrogen-bond acceptors (Lipinski definition) is 2. The molecular weight excluding hydrogens is 150 g/mol. The van der Waals surface area contributed by atoms with E-state index in [4.69, 9.17) is 0 Å². The van der Waals surface area contributed by atoms with Crippen molar-refractivity contribution in [2.45, 2.75) is 20.3 Å². The van der Waals surface area contributed by atoms with E-state index >= 15 is 0 Å². The van der Waals surface area contributed by atoms with Crippen LogP contribution >= 0.6 is 0 Å². The van der Waals surface area contributed by atoms with Crippen LogP contribution in [-0.4, -0.2) is 14.8 Å². The van der Waals surface area contributed by atoms with Crippen molar-refractivity contribution in [3.05, 3.63) is 25.3 Å². The Morgan fingerprint density at radius 1 is 1.50 bits per heavy atom. The molecule has 0 aliphatic carbocycles. The van der Waals surface area contributed by atoms with E-state index in [2.05, 4.69) is 37.2 Å². The average molecular weight is 165 g/mol. The van der Waals surface area contributed by atoms with Crippen LogP contribution in [0.2, 0.25) is 0 Å². The Balaban J connectivity index is 0.000000354. The van der Waals surface area contributed by atoms with Crippen LogP contribution in [0, 0.1) is 0 Å². The summed E-state index contributed by atoms with van der Waals surface area (Å²) in [5.74, 6) is 0.713. The van der Waals surface area contributed by atoms with Gasteiger partial charge in [-0.15, -0.1) is 10.2 Å². The van der Waals surface area contributed by atoms with E-state index in [9.17, 15) is 0 Å². The van der Waals surface area contributed by atoms with Crippen LogP contribution in [0.15, 0.2) is 19.5 Å². The zero-order chi connectivity index (χ0) is 9.40. The van der Waals surface area contributed by atoms with Crippen LogP contribution in [0.3, 0.4) is 0 Å². The summed E-state index contributed by atoms with van der Waals surface area (Å²) in [4.78, 5) is 0. The van der Waals surface area contributed by atoms with Crippen molar-refractivity contribution in [2.24, 2.45) is 0 Å². The fourth-order valence-corrected chi connectivity index (χ4v) is 0.538. The maximum Gasteiger partial charge on any atom is 0.159 e. The first kappa shape index (κ1) is 10.6. The maximum absolute atomic E-state index is 3.73. The van der Waals surface area contributed by atoms with Crippen molar-refractivity contribution in [1.29, 1.82) is 0 Å². The molecule has 1 rings (SSSR count). The SMILES string of the molecule is C=Cc1nncn1C=C.CCC. The van der Waals surface area contributed by atoms with Gasteiger partial charge in [0.15, 0.2) is 5.82 Å². The van der Waals surface area contributed by atoms with Gasteiger partial charge in [-0.3, -0.25) is 4.57 Å². The molecule has 0 amide bonds. The molecule has 0 saturated heterocycles. The van der Waals surface area contributed by atoms with E-state index in [-0.39, 0.29) is 0 Å². The Kier molecular flexibility index (Phi) is 5.61. The molecule has 0 spiro atoms. The number of nitrogens with zero attached hydrogens (tertiary/aromatic N) is 3. The summed E-state index contributed by atoms with van der Waals surface area (Å²) >= 11 is 0. The van der Waals surface area contributed by atoms with Crippen LogP contribution in [-0.2, 0) is 0 Å². The van der Waals surface area contributed by atoms with Gasteiger partial charge in [0.25, 0.3) is 0 Å². The lowest BCUT2D eigenvalue weighted by Crippen LogP contribution is -1.85. The molecule has 0 aliphatic heterocycles. The molecule has 0 aromatic carbocycles. The second-order valence-electron chi connectivity index (χ2n) is 2.19. The van der Waals surface area contributed by atoms with E-state index in [0.717, 1.165) is 0 Å². The Bertz CT molecular complexity index is 215. The third-order valence-electron chi connectivity index (χ3n) is 0.980. The molecule has 0 saturated carbocycles. The molecule has 66 valence electrons. The highest BCUT2D eigenvalue weighted by atomic mass is 15.2. The highest BCUT2D eigenvalue weighted by molar-refractivity contribution is 5.40. The standard InChI is InChI=1S/C6H7N3.C3H8/c1-3-6-8-7-5-9(6)4-2;1-3-2/h3-5H,1-2H2;3H2,1-2H3. The number of aromatic nitrogens is 3. The van der Waals surface area contributed by atoms with Crippen molar-refractivity contribution in [3.63, 3.8) is 0 Å². The van der Waals surface area contributed by atoms with Gasteiger partial charge in [0.2, 0.25) is 0 Å². The Morgan fingerprint density at radius 3 is 2.42 bits per heavy atom. The summed E-state index contributed by atoms with van der Waals surface area (Å²) in [5.41, 5.74) is 0. The molecule has 0 N–H and O–H groups in total. The molecule has 3 heteroatoms. The first-order chi connectivity index (χ1) is 5.79. The lowest BCUT2D eigenvalue weighted by molar-refractivity contribution is 1.08. The van der Waals surface area contributed by atoms with Gasteiger partial charge in [-0.1, -0.05) is 33.4 Å². The summed E-state index contributed by atoms with van der Waals surface area (Å²) in [6, 6.07) is 0. The number of rotatable bonds is 2. The summed E-state index contributed by atoms with van der Waals surface area (Å²) in [6.07, 6.45) is 6.07. The van der Waals surface area contributed by atoms with Gasteiger partial charge in [-0.25, -0.2) is 0 Å². The predicted octanol–water partition coefficient (Wildman–Crippen LogP) is 2.44. The van der Waals surface area contributed by atoms with Gasteiger partial charge in [-0.05, 0) is 6.08 Å². The normalized spacial score (nSPS) is 8.17. The molecule has 0 fully saturated rings. The first-order valence-electron chi connectivity index (χ1n) is 3.94. The summed E-state index contributed by atoms with van der Waals surface area (Å²) in [6.45, 7) is 11.3. The molecule has 0 radical (unpaired) electrons. The van der Waals surface area contributed by atoms with Crippen LogP contribution in [0.5, 0.6) is 0 Å². The monoisotopic (exact) mass is 165 g/mol. The molecule has 12 heavy (non-hydrogen) atoms. The highest BCUT2D eigenvalue weighted by Gasteiger charge is 1.91. The van der Waals surface area contributed by atoms with Gasteiger partial charge in [0.05, 0.1) is 0 Å². The quantitative estimate of drug-likeness (QED) is 0.673. The van der Waals surface area contributed by atoms with Gasteiger partial charge in [0.1, 0.15) is 6.33 Å². The maximum atomic E-state index is 3.73. The zero-order valence-electron chi connectivity index (χ0n) is 7.70. The molecule has 0 aliphatic rings. The largest absolute Gasteiger partial charge is 0.290 e. The van der Waals surface area contributed by atoms with E-state index in [1.807, 2.05) is 0 Å². The molecular formula is C9H15N3. The van der Waals surface area contributed by atoms with Crippen molar-refractivity contribution in [2.75, 3.05) is 0 Å². The van der Waals surface area contributed by atoms with Crippen molar-refractivity contribution in [3.8, 4) is 0 Å². The second-order valence-corrected chi connectivity index (χ2v) is 2.19. The lowest BCUT2D eigenvalue weighted by atomic mass is 10.6. The van der Waals surface area contributed by atoms with Crippen LogP contribution in [0.4, 0.5) is 0 Å². The van der Waals surface area contributed by atoms with Gasteiger partial charge in [0, 0.05) is 6.20 Å². The van der Waals surface area contributed by atoms with Crippen LogP contribution < -0.4 is 0 Å². The molecule has 1 aromatic heterocycles. The topological polar surface area (TPSA) is 30.7 Å².